The third-order valence-electron chi connectivity index (χ3n) is 3.93. The van der Waals surface area contributed by atoms with Gasteiger partial charge in [0, 0.05) is 16.7 Å². The summed E-state index contributed by atoms with van der Waals surface area (Å²) in [5, 5.41) is 12.1. The smallest absolute Gasteiger partial charge is 0.210 e. The van der Waals surface area contributed by atoms with Crippen molar-refractivity contribution in [1.29, 1.82) is 0 Å². The monoisotopic (exact) mass is 395 g/mol. The van der Waals surface area contributed by atoms with Gasteiger partial charge in [-0.15, -0.1) is 21.5 Å². The van der Waals surface area contributed by atoms with E-state index >= 15 is 0 Å². The molecule has 2 heterocycles. The van der Waals surface area contributed by atoms with Crippen LogP contribution in [0.25, 0.3) is 22.0 Å². The van der Waals surface area contributed by atoms with Gasteiger partial charge in [-0.3, -0.25) is 0 Å². The number of thioether (sulfide) groups is 1. The van der Waals surface area contributed by atoms with E-state index in [4.69, 9.17) is 15.6 Å². The summed E-state index contributed by atoms with van der Waals surface area (Å²) in [4.78, 5) is 4.70. The fourth-order valence-electron chi connectivity index (χ4n) is 2.61. The van der Waals surface area contributed by atoms with E-state index in [1.165, 1.54) is 16.4 Å². The summed E-state index contributed by atoms with van der Waals surface area (Å²) < 4.78 is 6.88. The van der Waals surface area contributed by atoms with Gasteiger partial charge < -0.3 is 10.6 Å². The fourth-order valence-corrected chi connectivity index (χ4v) is 4.29. The van der Waals surface area contributed by atoms with Gasteiger partial charge in [0.1, 0.15) is 10.8 Å². The Hall–Kier alpha value is -2.84. The van der Waals surface area contributed by atoms with E-state index in [1.807, 2.05) is 42.5 Å². The average molecular weight is 396 g/mol. The Morgan fingerprint density at radius 2 is 1.85 bits per heavy atom. The minimum Gasteiger partial charge on any atom is -0.496 e. The van der Waals surface area contributed by atoms with Crippen molar-refractivity contribution < 1.29 is 4.74 Å². The molecule has 0 unspecified atom stereocenters. The molecule has 2 N–H and O–H groups in total. The lowest BCUT2D eigenvalue weighted by atomic mass is 10.2. The highest BCUT2D eigenvalue weighted by Crippen LogP contribution is 2.31. The minimum absolute atomic E-state index is 0.568. The molecule has 2 aromatic carbocycles. The van der Waals surface area contributed by atoms with Gasteiger partial charge in [0.25, 0.3) is 0 Å². The molecule has 0 amide bonds. The second-order valence-electron chi connectivity index (χ2n) is 5.68. The van der Waals surface area contributed by atoms with Gasteiger partial charge in [-0.2, -0.15) is 0 Å². The van der Waals surface area contributed by atoms with Gasteiger partial charge >= 0.3 is 0 Å². The van der Waals surface area contributed by atoms with E-state index in [1.54, 1.807) is 18.4 Å². The zero-order chi connectivity index (χ0) is 18.6. The molecule has 0 radical (unpaired) electrons. The van der Waals surface area contributed by atoms with E-state index < -0.39 is 0 Å². The van der Waals surface area contributed by atoms with E-state index in [9.17, 15) is 0 Å². The molecule has 0 aliphatic heterocycles. The number of nitrogen functional groups attached to an aromatic ring is 1. The summed E-state index contributed by atoms with van der Waals surface area (Å²) in [6, 6.07) is 17.8. The molecule has 0 saturated heterocycles. The van der Waals surface area contributed by atoms with Crippen molar-refractivity contribution in [2.45, 2.75) is 10.9 Å². The van der Waals surface area contributed by atoms with Crippen molar-refractivity contribution in [2.75, 3.05) is 13.0 Å². The molecule has 0 spiro atoms. The first kappa shape index (κ1) is 17.6. The highest BCUT2D eigenvalue weighted by atomic mass is 32.2. The largest absolute Gasteiger partial charge is 0.496 e. The SMILES string of the molecule is COc1ccccc1-c1nnc(SCc2csc(-c3ccccc3)n2)n1N. The van der Waals surface area contributed by atoms with Crippen LogP contribution in [0.15, 0.2) is 65.1 Å². The third kappa shape index (κ3) is 3.67. The molecule has 0 aliphatic carbocycles. The normalized spacial score (nSPS) is 10.9. The molecule has 6 nitrogen and oxygen atoms in total. The van der Waals surface area contributed by atoms with Crippen LogP contribution in [-0.2, 0) is 5.75 Å². The summed E-state index contributed by atoms with van der Waals surface area (Å²) in [5.41, 5.74) is 2.92. The molecule has 4 rings (SSSR count). The summed E-state index contributed by atoms with van der Waals surface area (Å²) >= 11 is 3.14. The van der Waals surface area contributed by atoms with Gasteiger partial charge in [-0.25, -0.2) is 9.66 Å². The number of ether oxygens (including phenoxy) is 1. The molecule has 2 aromatic heterocycles. The quantitative estimate of drug-likeness (QED) is 0.391. The second kappa shape index (κ2) is 7.81. The van der Waals surface area contributed by atoms with Gasteiger partial charge in [-0.1, -0.05) is 54.2 Å². The Kier molecular flexibility index (Phi) is 5.08. The maximum atomic E-state index is 6.22. The predicted molar refractivity (Wildman–Crippen MR) is 109 cm³/mol. The number of hydrogen-bond acceptors (Lipinski definition) is 7. The molecule has 0 bridgehead atoms. The first-order valence-electron chi connectivity index (χ1n) is 8.23. The van der Waals surface area contributed by atoms with Crippen molar-refractivity contribution in [1.82, 2.24) is 19.9 Å². The van der Waals surface area contributed by atoms with Crippen molar-refractivity contribution in [3.63, 3.8) is 0 Å². The van der Waals surface area contributed by atoms with E-state index in [2.05, 4.69) is 27.7 Å². The Labute approximate surface area is 165 Å². The summed E-state index contributed by atoms with van der Waals surface area (Å²) in [5.74, 6) is 8.16. The number of hydrogen-bond donors (Lipinski definition) is 1. The summed E-state index contributed by atoms with van der Waals surface area (Å²) in [6.45, 7) is 0. The zero-order valence-electron chi connectivity index (χ0n) is 14.6. The third-order valence-corrected chi connectivity index (χ3v) is 5.85. The molecule has 0 atom stereocenters. The number of rotatable bonds is 6. The topological polar surface area (TPSA) is 78.9 Å². The second-order valence-corrected chi connectivity index (χ2v) is 7.48. The number of thiazole rings is 1. The number of para-hydroxylation sites is 1. The predicted octanol–water partition coefficient (Wildman–Crippen LogP) is 4.08. The Morgan fingerprint density at radius 1 is 1.07 bits per heavy atom. The lowest BCUT2D eigenvalue weighted by Gasteiger charge is -2.07. The van der Waals surface area contributed by atoms with E-state index in [0.717, 1.165) is 21.8 Å². The van der Waals surface area contributed by atoms with Gasteiger partial charge in [0.15, 0.2) is 5.82 Å². The molecular formula is C19H17N5OS2. The highest BCUT2D eigenvalue weighted by molar-refractivity contribution is 7.98. The highest BCUT2D eigenvalue weighted by Gasteiger charge is 2.16. The van der Waals surface area contributed by atoms with Crippen LogP contribution < -0.4 is 10.6 Å². The van der Waals surface area contributed by atoms with E-state index in [0.29, 0.717) is 22.5 Å². The van der Waals surface area contributed by atoms with Crippen LogP contribution in [0.2, 0.25) is 0 Å². The molecule has 136 valence electrons. The lowest BCUT2D eigenvalue weighted by molar-refractivity contribution is 0.416. The van der Waals surface area contributed by atoms with Crippen molar-refractivity contribution >= 4 is 23.1 Å². The van der Waals surface area contributed by atoms with Gasteiger partial charge in [-0.05, 0) is 12.1 Å². The van der Waals surface area contributed by atoms with Gasteiger partial charge in [0.05, 0.1) is 18.4 Å². The van der Waals surface area contributed by atoms with Crippen LogP contribution in [0.4, 0.5) is 0 Å². The molecule has 4 aromatic rings. The Bertz CT molecular complexity index is 1050. The van der Waals surface area contributed by atoms with Crippen molar-refractivity contribution in [3.8, 4) is 27.7 Å². The number of aromatic nitrogens is 4. The van der Waals surface area contributed by atoms with Crippen LogP contribution in [-0.4, -0.2) is 27.0 Å². The molecular weight excluding hydrogens is 378 g/mol. The summed E-state index contributed by atoms with van der Waals surface area (Å²) in [6.07, 6.45) is 0. The fraction of sp³-hybridized carbons (Fsp3) is 0.105. The molecule has 8 heteroatoms. The average Bonchev–Trinajstić information content (AvgIpc) is 3.34. The number of nitrogens with zero attached hydrogens (tertiary/aromatic N) is 4. The standard InChI is InChI=1S/C19H17N5OS2/c1-25-16-10-6-5-9-15(16)17-22-23-19(24(17)20)27-12-14-11-26-18(21-14)13-7-3-2-4-8-13/h2-11H,12,20H2,1H3. The van der Waals surface area contributed by atoms with Crippen LogP contribution in [0, 0.1) is 0 Å². The first-order chi connectivity index (χ1) is 13.3. The molecule has 0 aliphatic rings. The number of benzene rings is 2. The number of methoxy groups -OCH3 is 1. The first-order valence-corrected chi connectivity index (χ1v) is 10.1. The Balaban J connectivity index is 1.50. The van der Waals surface area contributed by atoms with Crippen LogP contribution in [0.5, 0.6) is 5.75 Å². The summed E-state index contributed by atoms with van der Waals surface area (Å²) in [7, 11) is 1.62. The lowest BCUT2D eigenvalue weighted by Crippen LogP contribution is -2.12. The zero-order valence-corrected chi connectivity index (χ0v) is 16.2. The van der Waals surface area contributed by atoms with Crippen LogP contribution >= 0.6 is 23.1 Å². The molecule has 0 fully saturated rings. The number of nitrogens with two attached hydrogens (primary N) is 1. The maximum absolute atomic E-state index is 6.22. The van der Waals surface area contributed by atoms with Crippen molar-refractivity contribution in [3.05, 3.63) is 65.7 Å². The van der Waals surface area contributed by atoms with Crippen LogP contribution in [0.1, 0.15) is 5.69 Å². The van der Waals surface area contributed by atoms with Crippen molar-refractivity contribution in [2.24, 2.45) is 0 Å². The maximum Gasteiger partial charge on any atom is 0.210 e. The van der Waals surface area contributed by atoms with Crippen LogP contribution in [0.3, 0.4) is 0 Å². The van der Waals surface area contributed by atoms with Gasteiger partial charge in [0.2, 0.25) is 5.16 Å². The Morgan fingerprint density at radius 3 is 2.67 bits per heavy atom. The molecule has 27 heavy (non-hydrogen) atoms. The van der Waals surface area contributed by atoms with E-state index in [-0.39, 0.29) is 0 Å². The minimum atomic E-state index is 0.568. The molecule has 0 saturated carbocycles.